The molecule has 0 aliphatic heterocycles. The fraction of sp³-hybridized carbons (Fsp3) is 0.800. The van der Waals surface area contributed by atoms with Crippen LogP contribution in [0.2, 0.25) is 0 Å². The van der Waals surface area contributed by atoms with Crippen molar-refractivity contribution in [1.82, 2.24) is 0 Å². The van der Waals surface area contributed by atoms with Crippen LogP contribution in [0, 0.1) is 5.41 Å². The van der Waals surface area contributed by atoms with Crippen LogP contribution in [0.1, 0.15) is 20.8 Å². The highest BCUT2D eigenvalue weighted by atomic mass is 35.5. The van der Waals surface area contributed by atoms with Gasteiger partial charge in [0.05, 0.1) is 0 Å². The van der Waals surface area contributed by atoms with Crippen molar-refractivity contribution in [3.8, 4) is 0 Å². The summed E-state index contributed by atoms with van der Waals surface area (Å²) in [5.41, 5.74) is -0.373. The normalized spacial score (nSPS) is 11.4. The minimum Gasteiger partial charge on any atom is -0.281 e. The number of hydrogen-bond acceptors (Lipinski definition) is 1. The monoisotopic (exact) mass is 122 g/mol. The molecule has 0 atom stereocenters. The van der Waals surface area contributed by atoms with E-state index in [1.807, 2.05) is 0 Å². The largest absolute Gasteiger partial charge is 0.281 e. The van der Waals surface area contributed by atoms with Gasteiger partial charge in [0.25, 0.3) is 0 Å². The van der Waals surface area contributed by atoms with Gasteiger partial charge in [-0.1, -0.05) is 20.8 Å². The van der Waals surface area contributed by atoms with Gasteiger partial charge in [-0.25, -0.2) is 0 Å². The molecule has 2 heteroatoms. The first-order valence-electron chi connectivity index (χ1n) is 2.14. The summed E-state index contributed by atoms with van der Waals surface area (Å²) in [5, 5.41) is -0.285. The zero-order valence-electron chi connectivity index (χ0n) is 4.79. The molecule has 7 heavy (non-hydrogen) atoms. The number of rotatable bonds is 0. The van der Waals surface area contributed by atoms with E-state index in [1.165, 1.54) is 0 Å². The van der Waals surface area contributed by atoms with Crippen LogP contribution in [0.5, 0.6) is 0 Å². The Morgan fingerprint density at radius 2 is 1.57 bits per heavy atom. The van der Waals surface area contributed by atoms with Crippen LogP contribution >= 0.6 is 11.6 Å². The van der Waals surface area contributed by atoms with Crippen molar-refractivity contribution in [3.63, 3.8) is 0 Å². The van der Waals surface area contributed by atoms with Gasteiger partial charge in [0, 0.05) is 5.41 Å². The molecule has 0 aromatic carbocycles. The predicted molar refractivity (Wildman–Crippen MR) is 30.3 cm³/mol. The zero-order chi connectivity index (χ0) is 6.08. The van der Waals surface area contributed by atoms with Crippen molar-refractivity contribution in [1.29, 1.82) is 0 Å². The van der Waals surface area contributed by atoms with Gasteiger partial charge >= 0.3 is 0 Å². The number of hydrogen-bond donors (Lipinski definition) is 0. The second kappa shape index (κ2) is 1.83. The number of halogens is 1. The van der Waals surface area contributed by atoms with Crippen LogP contribution in [0.4, 0.5) is 0 Å². The lowest BCUT2D eigenvalue weighted by molar-refractivity contribution is -0.118. The quantitative estimate of drug-likeness (QED) is 0.448. The Hall–Kier alpha value is -0.0400. The van der Waals surface area contributed by atoms with Crippen molar-refractivity contribution in [3.05, 3.63) is 0 Å². The van der Waals surface area contributed by atoms with Crippen LogP contribution in [-0.4, -0.2) is 5.24 Å². The first kappa shape index (κ1) is 6.96. The Labute approximate surface area is 48.7 Å². The summed E-state index contributed by atoms with van der Waals surface area (Å²) in [5.74, 6) is 0. The molecule has 0 unspecified atom stereocenters. The molecule has 0 aliphatic rings. The molecule has 0 saturated carbocycles. The molecule has 0 aliphatic carbocycles. The third kappa shape index (κ3) is 2.63. The summed E-state index contributed by atoms with van der Waals surface area (Å²) in [7, 11) is 0. The van der Waals surface area contributed by atoms with E-state index in [9.17, 15) is 4.79 Å². The first-order valence-corrected chi connectivity index (χ1v) is 2.52. The van der Waals surface area contributed by atoms with Crippen molar-refractivity contribution >= 4 is 16.8 Å². The fourth-order valence-electron chi connectivity index (χ4n) is 0. The van der Waals surface area contributed by atoms with E-state index in [-0.39, 0.29) is 10.7 Å². The maximum absolute atomic E-state index is 10.2. The smallest absolute Gasteiger partial charge is 0.226 e. The van der Waals surface area contributed by atoms with Crippen LogP contribution in [-0.2, 0) is 4.79 Å². The van der Waals surface area contributed by atoms with Crippen molar-refractivity contribution < 1.29 is 4.79 Å². The summed E-state index contributed by atoms with van der Waals surface area (Å²) in [4.78, 5) is 10.2. The molecule has 0 spiro atoms. The third-order valence-electron chi connectivity index (χ3n) is 0.590. The van der Waals surface area contributed by atoms with E-state index in [0.717, 1.165) is 0 Å². The summed E-state index contributed by atoms with van der Waals surface area (Å²) in [6.45, 7) is 5.34. The van der Waals surface area contributed by atoms with Gasteiger partial charge in [-0.3, -0.25) is 4.79 Å². The molecule has 0 bridgehead atoms. The van der Waals surface area contributed by atoms with Gasteiger partial charge in [-0.2, -0.15) is 0 Å². The van der Waals surface area contributed by atoms with Crippen molar-refractivity contribution in [2.24, 2.45) is 5.41 Å². The lowest BCUT2D eigenvalue weighted by Gasteiger charge is -2.08. The maximum atomic E-state index is 10.2. The minimum absolute atomic E-state index is 0.285. The average Bonchev–Trinajstić information content (AvgIpc) is 1.31. The van der Waals surface area contributed by atoms with Gasteiger partial charge < -0.3 is 0 Å². The van der Waals surface area contributed by atoms with Crippen LogP contribution in [0.25, 0.3) is 0 Å². The summed E-state index contributed by atoms with van der Waals surface area (Å²) >= 11 is 5.11. The van der Waals surface area contributed by atoms with E-state index >= 15 is 0 Å². The van der Waals surface area contributed by atoms with E-state index in [1.54, 1.807) is 20.8 Å². The predicted octanol–water partition coefficient (Wildman–Crippen LogP) is 1.80. The molecule has 0 radical (unpaired) electrons. The summed E-state index contributed by atoms with van der Waals surface area (Å²) in [6.07, 6.45) is 0. The van der Waals surface area contributed by atoms with Crippen LogP contribution in [0.3, 0.4) is 0 Å². The van der Waals surface area contributed by atoms with Crippen molar-refractivity contribution in [2.75, 3.05) is 0 Å². The molecular weight excluding hydrogens is 113 g/mol. The Bertz CT molecular complexity index is 80.6. The molecule has 0 fully saturated rings. The molecule has 0 aromatic heterocycles. The number of carbonyl (C=O) groups excluding carboxylic acids is 1. The lowest BCUT2D eigenvalue weighted by atomic mass is 10.1. The highest BCUT2D eigenvalue weighted by Crippen LogP contribution is 2.15. The maximum Gasteiger partial charge on any atom is 0.226 e. The zero-order valence-corrected chi connectivity index (χ0v) is 5.54. The second-order valence-corrected chi connectivity index (χ2v) is 2.87. The van der Waals surface area contributed by atoms with Gasteiger partial charge in [-0.15, -0.1) is 0 Å². The molecule has 42 valence electrons. The topological polar surface area (TPSA) is 17.1 Å². The molecule has 0 aromatic rings. The summed E-state index contributed by atoms with van der Waals surface area (Å²) in [6, 6.07) is 0. The highest BCUT2D eigenvalue weighted by molar-refractivity contribution is 6.64. The van der Waals surface area contributed by atoms with Crippen molar-refractivity contribution in [2.45, 2.75) is 20.8 Å². The van der Waals surface area contributed by atoms with E-state index < -0.39 is 0 Å². The highest BCUT2D eigenvalue weighted by Gasteiger charge is 2.17. The molecule has 0 amide bonds. The standard InChI is InChI=1S/C5H9ClO/c1-5(2,3)4(6)7/h1-3H3/i4+2. The van der Waals surface area contributed by atoms with Crippen LogP contribution < -0.4 is 0 Å². The van der Waals surface area contributed by atoms with Gasteiger partial charge in [0.2, 0.25) is 5.24 Å². The molecule has 0 N–H and O–H groups in total. The molecule has 1 nitrogen and oxygen atoms in total. The minimum atomic E-state index is -0.373. The number of carbonyl (C=O) groups is 1. The van der Waals surface area contributed by atoms with Gasteiger partial charge in [-0.05, 0) is 11.6 Å². The molecule has 0 saturated heterocycles. The molecule has 0 rings (SSSR count). The van der Waals surface area contributed by atoms with E-state index in [2.05, 4.69) is 0 Å². The Kier molecular flexibility index (Phi) is 1.82. The Morgan fingerprint density at radius 3 is 1.57 bits per heavy atom. The molecule has 0 heterocycles. The van der Waals surface area contributed by atoms with Gasteiger partial charge in [0.1, 0.15) is 0 Å². The Balaban J connectivity index is 3.79. The lowest BCUT2D eigenvalue weighted by Crippen LogP contribution is -2.13. The van der Waals surface area contributed by atoms with Gasteiger partial charge in [0.15, 0.2) is 0 Å². The summed E-state index contributed by atoms with van der Waals surface area (Å²) < 4.78 is 0. The third-order valence-corrected chi connectivity index (χ3v) is 1.16. The second-order valence-electron chi connectivity index (χ2n) is 2.52. The van der Waals surface area contributed by atoms with E-state index in [4.69, 9.17) is 11.6 Å². The first-order chi connectivity index (χ1) is 2.94. The Morgan fingerprint density at radius 1 is 1.43 bits per heavy atom. The van der Waals surface area contributed by atoms with E-state index in [0.29, 0.717) is 0 Å². The average molecular weight is 123 g/mol. The SMILES string of the molecule is CC(C)(C)[14C](=O)Cl. The molecular formula is C5H9ClO. The fourth-order valence-corrected chi connectivity index (χ4v) is 0. The van der Waals surface area contributed by atoms with Crippen LogP contribution in [0.15, 0.2) is 0 Å².